The Kier molecular flexibility index (Phi) is 7.29. The summed E-state index contributed by atoms with van der Waals surface area (Å²) in [6.07, 6.45) is 0.723. The molecule has 1 unspecified atom stereocenters. The van der Waals surface area contributed by atoms with Crippen LogP contribution < -0.4 is 4.72 Å². The molecular formula is C10H15NO8S4. The topological polar surface area (TPSA) is 144 Å². The molecule has 0 amide bonds. The van der Waals surface area contributed by atoms with E-state index < -0.39 is 33.0 Å². The van der Waals surface area contributed by atoms with Crippen molar-refractivity contribution in [2.75, 3.05) is 6.61 Å². The fourth-order valence-electron chi connectivity index (χ4n) is 1.33. The van der Waals surface area contributed by atoms with E-state index in [-0.39, 0.29) is 13.0 Å². The molecule has 1 aromatic rings. The maximum atomic E-state index is 11.4. The normalized spacial score (nSPS) is 13.7. The number of esters is 1. The Balaban J connectivity index is 2.67. The summed E-state index contributed by atoms with van der Waals surface area (Å²) in [5.74, 6) is -0.418. The van der Waals surface area contributed by atoms with Crippen molar-refractivity contribution in [3.8, 4) is 0 Å². The van der Waals surface area contributed by atoms with E-state index in [0.717, 1.165) is 11.3 Å². The molecule has 0 aliphatic rings. The van der Waals surface area contributed by atoms with Crippen LogP contribution >= 0.6 is 11.3 Å². The lowest BCUT2D eigenvalue weighted by Gasteiger charge is -2.03. The van der Waals surface area contributed by atoms with Crippen molar-refractivity contribution in [3.05, 3.63) is 21.9 Å². The van der Waals surface area contributed by atoms with Gasteiger partial charge in [0.2, 0.25) is 0 Å². The third-order valence-electron chi connectivity index (χ3n) is 2.37. The molecule has 0 fully saturated rings. The van der Waals surface area contributed by atoms with Gasteiger partial charge in [0.15, 0.2) is 0 Å². The van der Waals surface area contributed by atoms with E-state index in [9.17, 15) is 25.8 Å². The van der Waals surface area contributed by atoms with Gasteiger partial charge in [0.1, 0.15) is 0 Å². The number of ether oxygens (including phenoxy) is 1. The second kappa shape index (κ2) is 8.30. The molecule has 132 valence electrons. The van der Waals surface area contributed by atoms with E-state index in [2.05, 4.69) is 0 Å². The van der Waals surface area contributed by atoms with Crippen LogP contribution in [0.15, 0.2) is 12.1 Å². The van der Waals surface area contributed by atoms with Gasteiger partial charge in [-0.15, -0.1) is 11.3 Å². The van der Waals surface area contributed by atoms with Gasteiger partial charge in [-0.3, -0.25) is 9.35 Å². The molecule has 23 heavy (non-hydrogen) atoms. The average Bonchev–Trinajstić information content (AvgIpc) is 2.90. The first-order valence-electron chi connectivity index (χ1n) is 6.19. The van der Waals surface area contributed by atoms with Crippen molar-refractivity contribution in [1.29, 1.82) is 0 Å². The first-order chi connectivity index (χ1) is 10.6. The van der Waals surface area contributed by atoms with Crippen LogP contribution in [0.4, 0.5) is 0 Å². The Bertz CT molecular complexity index is 780. The summed E-state index contributed by atoms with van der Waals surface area (Å²) in [5, 5.41) is 0. The fourth-order valence-corrected chi connectivity index (χ4v) is 5.88. The van der Waals surface area contributed by atoms with Crippen molar-refractivity contribution >= 4 is 44.4 Å². The number of carbonyl (C=O) groups is 1. The van der Waals surface area contributed by atoms with E-state index in [1.165, 1.54) is 6.07 Å². The van der Waals surface area contributed by atoms with Crippen molar-refractivity contribution < 1.29 is 35.1 Å². The Labute approximate surface area is 139 Å². The highest BCUT2D eigenvalue weighted by Crippen LogP contribution is 2.18. The van der Waals surface area contributed by atoms with Crippen LogP contribution in [-0.4, -0.2) is 38.2 Å². The maximum absolute atomic E-state index is 11.4. The van der Waals surface area contributed by atoms with Gasteiger partial charge in [-0.05, 0) is 18.6 Å². The zero-order valence-corrected chi connectivity index (χ0v) is 15.2. The molecule has 1 heterocycles. The standard InChI is InChI=1S/C10H15NO8S4/c1-2-5-19-10(12)6-8-3-4-9(20-8)7-11-22(15,16)23(17,18)21(13)14/h3-4,11H,2,5-7H2,1H3,(H,13,14). The summed E-state index contributed by atoms with van der Waals surface area (Å²) in [6.45, 7) is 1.79. The number of hydrogen-bond donors (Lipinski definition) is 2. The highest BCUT2D eigenvalue weighted by atomic mass is 33.6. The van der Waals surface area contributed by atoms with E-state index in [1.54, 1.807) is 10.8 Å². The molecule has 0 aromatic carbocycles. The summed E-state index contributed by atoms with van der Waals surface area (Å²) < 4.78 is 70.9. The summed E-state index contributed by atoms with van der Waals surface area (Å²) in [6, 6.07) is 3.10. The molecule has 1 aromatic heterocycles. The van der Waals surface area contributed by atoms with Crippen LogP contribution in [0.25, 0.3) is 0 Å². The molecule has 9 nitrogen and oxygen atoms in total. The monoisotopic (exact) mass is 405 g/mol. The molecule has 13 heteroatoms. The number of thiophene rings is 1. The molecule has 0 aliphatic heterocycles. The molecule has 0 saturated carbocycles. The molecule has 2 N–H and O–H groups in total. The molecule has 1 atom stereocenters. The predicted molar refractivity (Wildman–Crippen MR) is 84.7 cm³/mol. The molecule has 1 rings (SSSR count). The van der Waals surface area contributed by atoms with E-state index in [4.69, 9.17) is 9.29 Å². The number of rotatable bonds is 9. The van der Waals surface area contributed by atoms with Gasteiger partial charge < -0.3 is 4.74 Å². The number of hydrogen-bond acceptors (Lipinski definition) is 8. The van der Waals surface area contributed by atoms with Crippen molar-refractivity contribution in [1.82, 2.24) is 4.72 Å². The molecule has 0 bridgehead atoms. The van der Waals surface area contributed by atoms with Gasteiger partial charge in [0, 0.05) is 16.3 Å². The Morgan fingerprint density at radius 1 is 1.30 bits per heavy atom. The van der Waals surface area contributed by atoms with Crippen LogP contribution in [0.2, 0.25) is 0 Å². The zero-order valence-electron chi connectivity index (χ0n) is 11.9. The van der Waals surface area contributed by atoms with Crippen molar-refractivity contribution in [2.45, 2.75) is 26.3 Å². The predicted octanol–water partition coefficient (Wildman–Crippen LogP) is 0.130. The smallest absolute Gasteiger partial charge is 0.371 e. The van der Waals surface area contributed by atoms with Gasteiger partial charge >= 0.3 is 22.9 Å². The van der Waals surface area contributed by atoms with Crippen LogP contribution in [0.5, 0.6) is 0 Å². The van der Waals surface area contributed by atoms with E-state index in [1.807, 2.05) is 6.92 Å². The van der Waals surface area contributed by atoms with Crippen molar-refractivity contribution in [3.63, 3.8) is 0 Å². The Morgan fingerprint density at radius 3 is 2.48 bits per heavy atom. The van der Waals surface area contributed by atoms with Crippen LogP contribution in [0.1, 0.15) is 23.1 Å². The van der Waals surface area contributed by atoms with Gasteiger partial charge in [-0.25, -0.2) is 4.21 Å². The molecular weight excluding hydrogens is 390 g/mol. The molecule has 0 saturated heterocycles. The second-order valence-electron chi connectivity index (χ2n) is 4.17. The molecule has 0 aliphatic carbocycles. The average molecular weight is 405 g/mol. The first kappa shape index (κ1) is 20.2. The quantitative estimate of drug-likeness (QED) is 0.335. The van der Waals surface area contributed by atoms with Crippen molar-refractivity contribution in [2.24, 2.45) is 0 Å². The van der Waals surface area contributed by atoms with Gasteiger partial charge in [0.25, 0.3) is 10.1 Å². The van der Waals surface area contributed by atoms with Gasteiger partial charge in [0.05, 0.1) is 13.0 Å². The lowest BCUT2D eigenvalue weighted by Crippen LogP contribution is -2.32. The van der Waals surface area contributed by atoms with Crippen LogP contribution in [0.3, 0.4) is 0 Å². The van der Waals surface area contributed by atoms with Gasteiger partial charge in [-0.1, -0.05) is 6.92 Å². The summed E-state index contributed by atoms with van der Waals surface area (Å²) in [7, 11) is -13.8. The van der Waals surface area contributed by atoms with E-state index in [0.29, 0.717) is 22.8 Å². The highest BCUT2D eigenvalue weighted by Gasteiger charge is 2.35. The largest absolute Gasteiger partial charge is 0.465 e. The van der Waals surface area contributed by atoms with Crippen LogP contribution in [-0.2, 0) is 49.6 Å². The number of carbonyl (C=O) groups excluding carboxylic acids is 1. The lowest BCUT2D eigenvalue weighted by atomic mass is 10.3. The second-order valence-corrected chi connectivity index (χ2v) is 13.3. The lowest BCUT2D eigenvalue weighted by molar-refractivity contribution is -0.142. The Morgan fingerprint density at radius 2 is 1.91 bits per heavy atom. The SMILES string of the molecule is CCCOC(=O)Cc1ccc(CNS(=O)(=O)S(=O)(=O)S(=O)O)s1. The minimum absolute atomic E-state index is 0.0242. The first-order valence-corrected chi connectivity index (χ1v) is 12.1. The van der Waals surface area contributed by atoms with E-state index >= 15 is 0 Å². The third kappa shape index (κ3) is 5.61. The van der Waals surface area contributed by atoms with Gasteiger partial charge in [-0.2, -0.15) is 21.6 Å². The van der Waals surface area contributed by atoms with Crippen LogP contribution in [0, 0.1) is 0 Å². The minimum atomic E-state index is -5.25. The zero-order chi connectivity index (χ0) is 17.7. The third-order valence-corrected chi connectivity index (χ3v) is 10.5. The Hall–Kier alpha value is -0.860. The summed E-state index contributed by atoms with van der Waals surface area (Å²) >= 11 is 1.09. The maximum Gasteiger partial charge on any atom is 0.371 e. The number of nitrogens with one attached hydrogen (secondary N) is 1. The summed E-state index contributed by atoms with van der Waals surface area (Å²) in [5.41, 5.74) is 0. The molecule has 0 spiro atoms. The fraction of sp³-hybridized carbons (Fsp3) is 0.500. The minimum Gasteiger partial charge on any atom is -0.465 e. The summed E-state index contributed by atoms with van der Waals surface area (Å²) in [4.78, 5) is 12.5. The highest BCUT2D eigenvalue weighted by molar-refractivity contribution is 8.96. The molecule has 0 radical (unpaired) electrons.